The zero-order valence-corrected chi connectivity index (χ0v) is 11.1. The van der Waals surface area contributed by atoms with Gasteiger partial charge in [0.1, 0.15) is 0 Å². The van der Waals surface area contributed by atoms with E-state index in [0.717, 1.165) is 12.5 Å². The molecule has 1 aliphatic carbocycles. The van der Waals surface area contributed by atoms with E-state index < -0.39 is 0 Å². The van der Waals surface area contributed by atoms with E-state index >= 15 is 0 Å². The third-order valence-corrected chi connectivity index (χ3v) is 3.68. The fourth-order valence-corrected chi connectivity index (χ4v) is 2.50. The zero-order chi connectivity index (χ0) is 12.0. The van der Waals surface area contributed by atoms with Crippen molar-refractivity contribution >= 4 is 0 Å². The minimum atomic E-state index is -0.222. The fraction of sp³-hybridized carbons (Fsp3) is 0.929. The van der Waals surface area contributed by atoms with Crippen molar-refractivity contribution in [3.05, 3.63) is 0 Å². The van der Waals surface area contributed by atoms with Crippen LogP contribution >= 0.6 is 0 Å². The second kappa shape index (κ2) is 6.25. The standard InChI is InChI=1S/C14H26N2/c1-4-5-12-6-8-13(9-7-12)16-11-14(2,3)10-15/h12-13,16H,4-9,11H2,1-3H3. The molecule has 0 unspecified atom stereocenters. The van der Waals surface area contributed by atoms with Gasteiger partial charge in [-0.2, -0.15) is 5.26 Å². The van der Waals surface area contributed by atoms with Crippen molar-refractivity contribution in [3.8, 4) is 6.07 Å². The Kier molecular flexibility index (Phi) is 5.28. The average molecular weight is 222 g/mol. The molecule has 1 N–H and O–H groups in total. The Morgan fingerprint density at radius 2 is 1.88 bits per heavy atom. The Morgan fingerprint density at radius 1 is 1.25 bits per heavy atom. The van der Waals surface area contributed by atoms with Crippen molar-refractivity contribution in [2.45, 2.75) is 65.3 Å². The summed E-state index contributed by atoms with van der Waals surface area (Å²) in [4.78, 5) is 0. The van der Waals surface area contributed by atoms with Gasteiger partial charge in [0, 0.05) is 12.6 Å². The van der Waals surface area contributed by atoms with Crippen LogP contribution < -0.4 is 5.32 Å². The van der Waals surface area contributed by atoms with Crippen LogP contribution in [0, 0.1) is 22.7 Å². The molecule has 0 aromatic heterocycles. The van der Waals surface area contributed by atoms with E-state index in [1.165, 1.54) is 38.5 Å². The van der Waals surface area contributed by atoms with E-state index in [0.29, 0.717) is 6.04 Å². The number of hydrogen-bond donors (Lipinski definition) is 1. The van der Waals surface area contributed by atoms with Crippen LogP contribution in [0.25, 0.3) is 0 Å². The quantitative estimate of drug-likeness (QED) is 0.773. The molecule has 0 atom stereocenters. The predicted molar refractivity (Wildman–Crippen MR) is 68.1 cm³/mol. The summed E-state index contributed by atoms with van der Waals surface area (Å²) >= 11 is 0. The first-order chi connectivity index (χ1) is 7.57. The predicted octanol–water partition coefficient (Wildman–Crippen LogP) is 3.48. The van der Waals surface area contributed by atoms with Gasteiger partial charge in [0.15, 0.2) is 0 Å². The first-order valence-electron chi connectivity index (χ1n) is 6.72. The molecule has 0 bridgehead atoms. The highest BCUT2D eigenvalue weighted by molar-refractivity contribution is 4.94. The molecule has 0 aliphatic heterocycles. The summed E-state index contributed by atoms with van der Waals surface area (Å²) in [6.45, 7) is 7.11. The molecule has 0 spiro atoms. The number of rotatable bonds is 5. The lowest BCUT2D eigenvalue weighted by atomic mass is 9.83. The molecule has 16 heavy (non-hydrogen) atoms. The van der Waals surface area contributed by atoms with Gasteiger partial charge < -0.3 is 5.32 Å². The van der Waals surface area contributed by atoms with Gasteiger partial charge in [-0.15, -0.1) is 0 Å². The van der Waals surface area contributed by atoms with Gasteiger partial charge >= 0.3 is 0 Å². The molecule has 1 fully saturated rings. The van der Waals surface area contributed by atoms with E-state index in [1.807, 2.05) is 13.8 Å². The summed E-state index contributed by atoms with van der Waals surface area (Å²) in [5, 5.41) is 12.5. The number of nitrogens with zero attached hydrogens (tertiary/aromatic N) is 1. The Balaban J connectivity index is 2.20. The van der Waals surface area contributed by atoms with Gasteiger partial charge in [0.05, 0.1) is 11.5 Å². The Bertz CT molecular complexity index is 232. The molecule has 0 aromatic rings. The van der Waals surface area contributed by atoms with E-state index in [4.69, 9.17) is 5.26 Å². The third-order valence-electron chi connectivity index (χ3n) is 3.68. The summed E-state index contributed by atoms with van der Waals surface area (Å²) in [5.41, 5.74) is -0.222. The monoisotopic (exact) mass is 222 g/mol. The molecule has 0 saturated heterocycles. The van der Waals surface area contributed by atoms with Crippen molar-refractivity contribution in [2.75, 3.05) is 6.54 Å². The average Bonchev–Trinajstić information content (AvgIpc) is 2.29. The van der Waals surface area contributed by atoms with Gasteiger partial charge in [-0.25, -0.2) is 0 Å². The topological polar surface area (TPSA) is 35.8 Å². The molecule has 1 saturated carbocycles. The fourth-order valence-electron chi connectivity index (χ4n) is 2.50. The molecule has 92 valence electrons. The van der Waals surface area contributed by atoms with Crippen molar-refractivity contribution < 1.29 is 0 Å². The number of hydrogen-bond acceptors (Lipinski definition) is 2. The van der Waals surface area contributed by atoms with Gasteiger partial charge in [-0.1, -0.05) is 19.8 Å². The first kappa shape index (κ1) is 13.5. The summed E-state index contributed by atoms with van der Waals surface area (Å²) in [7, 11) is 0. The molecular weight excluding hydrogens is 196 g/mol. The van der Waals surface area contributed by atoms with Crippen LogP contribution in [0.1, 0.15) is 59.3 Å². The van der Waals surface area contributed by atoms with Crippen LogP contribution in [0.5, 0.6) is 0 Å². The smallest absolute Gasteiger partial charge is 0.0697 e. The van der Waals surface area contributed by atoms with Crippen LogP contribution in [0.15, 0.2) is 0 Å². The zero-order valence-electron chi connectivity index (χ0n) is 11.1. The van der Waals surface area contributed by atoms with Crippen LogP contribution in [-0.2, 0) is 0 Å². The molecule has 0 aromatic carbocycles. The lowest BCUT2D eigenvalue weighted by Crippen LogP contribution is -2.38. The molecule has 1 rings (SSSR count). The lowest BCUT2D eigenvalue weighted by molar-refractivity contribution is 0.265. The molecule has 0 heterocycles. The summed E-state index contributed by atoms with van der Waals surface area (Å²) in [6.07, 6.45) is 8.07. The maximum atomic E-state index is 8.95. The van der Waals surface area contributed by atoms with Crippen molar-refractivity contribution in [1.29, 1.82) is 5.26 Å². The molecule has 1 aliphatic rings. The second-order valence-corrected chi connectivity index (χ2v) is 5.88. The van der Waals surface area contributed by atoms with E-state index in [1.54, 1.807) is 0 Å². The third kappa shape index (κ3) is 4.53. The second-order valence-electron chi connectivity index (χ2n) is 5.88. The van der Waals surface area contributed by atoms with Gasteiger partial charge in [0.2, 0.25) is 0 Å². The largest absolute Gasteiger partial charge is 0.312 e. The van der Waals surface area contributed by atoms with Crippen LogP contribution in [0.3, 0.4) is 0 Å². The molecule has 0 radical (unpaired) electrons. The van der Waals surface area contributed by atoms with E-state index in [2.05, 4.69) is 18.3 Å². The lowest BCUT2D eigenvalue weighted by Gasteiger charge is -2.30. The van der Waals surface area contributed by atoms with Gasteiger partial charge in [-0.05, 0) is 45.4 Å². The molecule has 2 heteroatoms. The highest BCUT2D eigenvalue weighted by Crippen LogP contribution is 2.28. The van der Waals surface area contributed by atoms with E-state index in [9.17, 15) is 0 Å². The Morgan fingerprint density at radius 3 is 2.38 bits per heavy atom. The maximum absolute atomic E-state index is 8.95. The highest BCUT2D eigenvalue weighted by Gasteiger charge is 2.23. The maximum Gasteiger partial charge on any atom is 0.0697 e. The number of nitrogens with one attached hydrogen (secondary N) is 1. The summed E-state index contributed by atoms with van der Waals surface area (Å²) < 4.78 is 0. The minimum Gasteiger partial charge on any atom is -0.312 e. The highest BCUT2D eigenvalue weighted by atomic mass is 14.9. The Hall–Kier alpha value is -0.550. The van der Waals surface area contributed by atoms with Gasteiger partial charge in [-0.3, -0.25) is 0 Å². The van der Waals surface area contributed by atoms with Crippen molar-refractivity contribution in [3.63, 3.8) is 0 Å². The molecule has 2 nitrogen and oxygen atoms in total. The van der Waals surface area contributed by atoms with Crippen LogP contribution in [0.2, 0.25) is 0 Å². The first-order valence-corrected chi connectivity index (χ1v) is 6.72. The normalized spacial score (nSPS) is 26.4. The van der Waals surface area contributed by atoms with Crippen molar-refractivity contribution in [1.82, 2.24) is 5.32 Å². The number of nitriles is 1. The molecular formula is C14H26N2. The Labute approximate surface area is 100 Å². The van der Waals surface area contributed by atoms with Crippen LogP contribution in [-0.4, -0.2) is 12.6 Å². The summed E-state index contributed by atoms with van der Waals surface area (Å²) in [6, 6.07) is 3.00. The summed E-state index contributed by atoms with van der Waals surface area (Å²) in [5.74, 6) is 0.965. The van der Waals surface area contributed by atoms with Gasteiger partial charge in [0.25, 0.3) is 0 Å². The SMILES string of the molecule is CCCC1CCC(NCC(C)(C)C#N)CC1. The van der Waals surface area contributed by atoms with E-state index in [-0.39, 0.29) is 5.41 Å². The van der Waals surface area contributed by atoms with Crippen molar-refractivity contribution in [2.24, 2.45) is 11.3 Å². The minimum absolute atomic E-state index is 0.222. The van der Waals surface area contributed by atoms with Crippen LogP contribution in [0.4, 0.5) is 0 Å². The molecule has 0 amide bonds.